The Morgan fingerprint density at radius 3 is 1.90 bits per heavy atom. The maximum Gasteiger partial charge on any atom is 0 e. The summed E-state index contributed by atoms with van der Waals surface area (Å²) >= 11 is 0.750. The maximum absolute atomic E-state index is 8.25. The molecule has 0 atom stereocenters. The van der Waals surface area contributed by atoms with Crippen LogP contribution in [-0.4, -0.2) is 34.4 Å². The van der Waals surface area contributed by atoms with E-state index in [-0.39, 0.29) is 56.4 Å². The molecule has 2 N–H and O–H groups in total. The summed E-state index contributed by atoms with van der Waals surface area (Å²) in [6.07, 6.45) is 0.500. The third-order valence-corrected chi connectivity index (χ3v) is 1.86. The van der Waals surface area contributed by atoms with Gasteiger partial charge >= 0.3 is 23.7 Å². The zero-order valence-electron chi connectivity index (χ0n) is 11.3. The predicted octanol–water partition coefficient (Wildman–Crippen LogP) is 2.71. The number of aliphatic hydroxyl groups excluding tert-OH is 2. The summed E-state index contributed by atoms with van der Waals surface area (Å²) in [5.41, 5.74) is 0. The van der Waals surface area contributed by atoms with Crippen LogP contribution in [0.3, 0.4) is 0 Å². The summed E-state index contributed by atoms with van der Waals surface area (Å²) in [4.78, 5) is 0. The van der Waals surface area contributed by atoms with Crippen molar-refractivity contribution in [3.8, 4) is 0 Å². The van der Waals surface area contributed by atoms with Crippen molar-refractivity contribution in [2.24, 2.45) is 0 Å². The van der Waals surface area contributed by atoms with Crippen molar-refractivity contribution in [2.45, 2.75) is 6.42 Å². The van der Waals surface area contributed by atoms with E-state index >= 15 is 0 Å². The van der Waals surface area contributed by atoms with Crippen LogP contribution >= 0.6 is 24.8 Å². The number of halogens is 2. The predicted molar refractivity (Wildman–Crippen MR) is 85.7 cm³/mol. The molecule has 0 aliphatic carbocycles. The molecule has 0 fully saturated rings. The van der Waals surface area contributed by atoms with E-state index in [1.165, 1.54) is 10.8 Å². The first kappa shape index (κ1) is 32.1. The van der Waals surface area contributed by atoms with Gasteiger partial charge in [-0.1, -0.05) is 6.07 Å². The summed E-state index contributed by atoms with van der Waals surface area (Å²) in [6, 6.07) is 14.7. The molecule has 20 heavy (non-hydrogen) atoms. The Hall–Kier alpha value is 0.0612. The first-order chi connectivity index (χ1) is 7.88. The van der Waals surface area contributed by atoms with Gasteiger partial charge in [0.05, 0.1) is 0 Å². The second-order valence-electron chi connectivity index (χ2n) is 2.96. The smallest absolute Gasteiger partial charge is 0 e. The molecule has 0 bridgehead atoms. The van der Waals surface area contributed by atoms with Crippen LogP contribution in [-0.2, 0) is 23.7 Å². The average Bonchev–Trinajstić information content (AvgIpc) is 2.81. The molecule has 0 spiro atoms. The monoisotopic (exact) mass is 370 g/mol. The van der Waals surface area contributed by atoms with Crippen molar-refractivity contribution in [2.75, 3.05) is 13.2 Å². The van der Waals surface area contributed by atoms with Crippen LogP contribution in [0.2, 0.25) is 0 Å². The van der Waals surface area contributed by atoms with E-state index in [9.17, 15) is 0 Å². The number of benzene rings is 1. The van der Waals surface area contributed by atoms with Gasteiger partial charge in [-0.05, 0) is 6.42 Å². The Labute approximate surface area is 149 Å². The van der Waals surface area contributed by atoms with E-state index in [2.05, 4.69) is 42.5 Å². The van der Waals surface area contributed by atoms with Crippen molar-refractivity contribution in [1.82, 2.24) is 0 Å². The van der Waals surface area contributed by atoms with Gasteiger partial charge < -0.3 is 17.6 Å². The molecule has 0 heterocycles. The molecule has 0 aromatic heterocycles. The number of rotatable bonds is 2. The second kappa shape index (κ2) is 24.1. The molecule has 0 amide bonds. The third-order valence-electron chi connectivity index (χ3n) is 1.86. The van der Waals surface area contributed by atoms with Gasteiger partial charge in [0.1, 0.15) is 0 Å². The molecule has 4 radical (unpaired) electrons. The Bertz CT molecular complexity index is 356. The largest absolute Gasteiger partial charge is 0.168 e. The Kier molecular flexibility index (Phi) is 38.7. The van der Waals surface area contributed by atoms with E-state index in [0.717, 1.165) is 20.4 Å². The molecule has 0 saturated heterocycles. The molecule has 0 aliphatic rings. The average molecular weight is 371 g/mol. The summed E-state index contributed by atoms with van der Waals surface area (Å²) in [5, 5.41) is 18.5. The van der Waals surface area contributed by atoms with Gasteiger partial charge in [0.15, 0.2) is 0 Å². The molecule has 2 aromatic carbocycles. The number of fused-ring (bicyclic) bond motifs is 1. The van der Waals surface area contributed by atoms with Crippen LogP contribution in [0.1, 0.15) is 6.42 Å². The van der Waals surface area contributed by atoms with Gasteiger partial charge in [0.25, 0.3) is 0 Å². The first-order valence-corrected chi connectivity index (χ1v) is 5.55. The molecule has 0 unspecified atom stereocenters. The third kappa shape index (κ3) is 14.5. The zero-order chi connectivity index (χ0) is 12.2. The molecular weight excluding hydrogens is 351 g/mol. The van der Waals surface area contributed by atoms with Gasteiger partial charge in [0, 0.05) is 24.2 Å². The van der Waals surface area contributed by atoms with Crippen LogP contribution in [0, 0.1) is 7.43 Å². The molecule has 0 saturated carbocycles. The fourth-order valence-corrected chi connectivity index (χ4v) is 1.14. The molecule has 2 aromatic rings. The first-order valence-electron chi connectivity index (χ1n) is 4.91. The number of hydrogen-bond donors (Lipinski definition) is 2. The van der Waals surface area contributed by atoms with Crippen molar-refractivity contribution in [3.63, 3.8) is 0 Å². The summed E-state index contributed by atoms with van der Waals surface area (Å²) < 4.78 is 8.25. The Morgan fingerprint density at radius 2 is 1.50 bits per heavy atom. The fraction of sp³-hybridized carbons (Fsp3) is 0.231. The summed E-state index contributed by atoms with van der Waals surface area (Å²) in [5.74, 6) is 0. The van der Waals surface area contributed by atoms with Crippen LogP contribution in [0.4, 0.5) is 0 Å². The van der Waals surface area contributed by atoms with Gasteiger partial charge in [0.2, 0.25) is 0 Å². The fourth-order valence-electron chi connectivity index (χ4n) is 1.14. The van der Waals surface area contributed by atoms with Crippen molar-refractivity contribution in [3.05, 3.63) is 49.9 Å². The van der Waals surface area contributed by atoms with Crippen LogP contribution in [0.5, 0.6) is 0 Å². The molecule has 7 heteroatoms. The van der Waals surface area contributed by atoms with Crippen molar-refractivity contribution < 1.29 is 33.9 Å². The van der Waals surface area contributed by atoms with Gasteiger partial charge in [-0.25, -0.2) is 0 Å². The van der Waals surface area contributed by atoms with E-state index in [1.54, 1.807) is 0 Å². The van der Waals surface area contributed by atoms with E-state index in [4.69, 9.17) is 13.5 Å². The van der Waals surface area contributed by atoms with E-state index in [0.29, 0.717) is 6.42 Å². The second-order valence-corrected chi connectivity index (χ2v) is 2.96. The minimum atomic E-state index is 0. The van der Waals surface area contributed by atoms with Crippen LogP contribution < -0.4 is 0 Å². The normalized spacial score (nSPS) is 7.00. The number of hydrogen-bond acceptors (Lipinski definition) is 3. The quantitative estimate of drug-likeness (QED) is 0.631. The van der Waals surface area contributed by atoms with Crippen LogP contribution in [0.25, 0.3) is 10.8 Å². The molecule has 2 rings (SSSR count). The van der Waals surface area contributed by atoms with Crippen LogP contribution in [0.15, 0.2) is 42.5 Å². The summed E-state index contributed by atoms with van der Waals surface area (Å²) in [6.45, 7) is 0.188. The maximum atomic E-state index is 8.25. The van der Waals surface area contributed by atoms with Crippen molar-refractivity contribution in [1.29, 1.82) is 0 Å². The Balaban J connectivity index is -0.0000000616. The minimum absolute atomic E-state index is 0. The van der Waals surface area contributed by atoms with Gasteiger partial charge in [-0.2, -0.15) is 17.5 Å². The van der Waals surface area contributed by atoms with Gasteiger partial charge in [-0.3, -0.25) is 0 Å². The molecular formula is C13H20Cl2O3SiTi. The standard InChI is InChI=1S/C9H7.C3H8O2.CH3.2ClH.O.Si.Ti/c1-2-5-9-7-3-6-8(9)4-1;4-2-1-3-5;;;;;;/h1-7H;4-5H,1-3H2;1H3;2*1H;;;/q-1;;-1;;;;;+2. The molecule has 112 valence electrons. The van der Waals surface area contributed by atoms with Crippen molar-refractivity contribution >= 4 is 46.6 Å². The molecule has 0 aliphatic heterocycles. The van der Waals surface area contributed by atoms with E-state index < -0.39 is 0 Å². The summed E-state index contributed by atoms with van der Waals surface area (Å²) in [7, 11) is 0. The SMILES string of the molecule is Cl.Cl.OCCCO.[CH3-].[O]=[Ti+2].[Si].c1ccc2[cH-]ccc2c1. The Morgan fingerprint density at radius 1 is 1.00 bits per heavy atom. The minimum Gasteiger partial charge on any atom is -0.168 e. The zero-order valence-corrected chi connectivity index (χ0v) is 15.5. The van der Waals surface area contributed by atoms with E-state index in [1.807, 2.05) is 0 Å². The van der Waals surface area contributed by atoms with Gasteiger partial charge in [-0.15, -0.1) is 54.5 Å². The topological polar surface area (TPSA) is 57.5 Å². The molecule has 3 nitrogen and oxygen atoms in total. The number of aliphatic hydroxyl groups is 2.